The Labute approximate surface area is 179 Å². The van der Waals surface area contributed by atoms with Gasteiger partial charge in [0, 0.05) is 21.0 Å². The second-order valence-corrected chi connectivity index (χ2v) is 9.57. The molecule has 1 aliphatic heterocycles. The molecule has 3 heterocycles. The molecule has 0 bridgehead atoms. The maximum atomic E-state index is 9.87. The van der Waals surface area contributed by atoms with E-state index >= 15 is 0 Å². The summed E-state index contributed by atoms with van der Waals surface area (Å²) < 4.78 is 2.89. The minimum atomic E-state index is -1.46. The number of aromatic nitrogens is 1. The van der Waals surface area contributed by atoms with Crippen LogP contribution in [0, 0.1) is 0 Å². The summed E-state index contributed by atoms with van der Waals surface area (Å²) >= 11 is 1.47. The summed E-state index contributed by atoms with van der Waals surface area (Å²) in [6, 6.07) is 25.5. The molecule has 146 valence electrons. The Morgan fingerprint density at radius 1 is 0.800 bits per heavy atom. The molecule has 5 heteroatoms. The lowest BCUT2D eigenvalue weighted by molar-refractivity contribution is 0.427. The van der Waals surface area contributed by atoms with Crippen LogP contribution in [0.5, 0.6) is 0 Å². The average Bonchev–Trinajstić information content (AvgIpc) is 3.34. The molecule has 0 spiro atoms. The molecule has 0 amide bonds. The van der Waals surface area contributed by atoms with Crippen LogP contribution in [0.3, 0.4) is 0 Å². The number of benzene rings is 3. The predicted molar refractivity (Wildman–Crippen MR) is 126 cm³/mol. The van der Waals surface area contributed by atoms with Crippen molar-refractivity contribution in [1.82, 2.24) is 4.57 Å². The Balaban J connectivity index is 1.80. The van der Waals surface area contributed by atoms with Gasteiger partial charge in [0.25, 0.3) is 0 Å². The zero-order chi connectivity index (χ0) is 20.6. The van der Waals surface area contributed by atoms with E-state index in [1.807, 2.05) is 12.1 Å². The first-order valence-electron chi connectivity index (χ1n) is 10.1. The largest absolute Gasteiger partial charge is 0.499 e. The third-order valence-corrected chi connectivity index (χ3v) is 7.57. The third kappa shape index (κ3) is 2.28. The number of fused-ring (bicyclic) bond motifs is 5. The van der Waals surface area contributed by atoms with Crippen molar-refractivity contribution in [2.75, 3.05) is 0 Å². The van der Waals surface area contributed by atoms with Crippen molar-refractivity contribution in [3.8, 4) is 16.1 Å². The van der Waals surface area contributed by atoms with Crippen molar-refractivity contribution < 1.29 is 10.0 Å². The second kappa shape index (κ2) is 6.08. The van der Waals surface area contributed by atoms with Gasteiger partial charge >= 0.3 is 7.12 Å². The minimum absolute atomic E-state index is 0.258. The third-order valence-electron chi connectivity index (χ3n) is 6.41. The van der Waals surface area contributed by atoms with Gasteiger partial charge in [-0.15, -0.1) is 11.3 Å². The maximum absolute atomic E-state index is 9.87. The van der Waals surface area contributed by atoms with Crippen molar-refractivity contribution in [3.05, 3.63) is 83.9 Å². The molecular formula is C25H20BNO2S. The molecule has 6 rings (SSSR count). The zero-order valence-corrected chi connectivity index (χ0v) is 17.6. The van der Waals surface area contributed by atoms with Gasteiger partial charge in [-0.2, -0.15) is 0 Å². The van der Waals surface area contributed by atoms with Crippen LogP contribution in [-0.2, 0) is 5.41 Å². The Kier molecular flexibility index (Phi) is 3.64. The number of nitrogens with zero attached hydrogens (tertiary/aromatic N) is 1. The molecule has 0 radical (unpaired) electrons. The second-order valence-electron chi connectivity index (χ2n) is 8.50. The van der Waals surface area contributed by atoms with E-state index in [9.17, 15) is 10.0 Å². The fourth-order valence-corrected chi connectivity index (χ4v) is 6.08. The lowest BCUT2D eigenvalue weighted by atomic mass is 9.74. The van der Waals surface area contributed by atoms with Gasteiger partial charge in [0.2, 0.25) is 0 Å². The summed E-state index contributed by atoms with van der Waals surface area (Å²) in [6.45, 7) is 4.47. The van der Waals surface area contributed by atoms with Crippen molar-refractivity contribution >= 4 is 45.0 Å². The molecule has 3 aromatic carbocycles. The Hall–Kier alpha value is -2.86. The van der Waals surface area contributed by atoms with Gasteiger partial charge in [0.15, 0.2) is 0 Å². The topological polar surface area (TPSA) is 45.4 Å². The fraction of sp³-hybridized carbons (Fsp3) is 0.120. The van der Waals surface area contributed by atoms with Crippen LogP contribution < -0.4 is 4.78 Å². The van der Waals surface area contributed by atoms with E-state index in [1.165, 1.54) is 44.3 Å². The standard InChI is InChI=1S/C25H20BNO2S/c1-25(2)19-13-16(15-8-4-3-5-9-15)12-18-17-10-6-7-11-21(17)27(23(18)19)24-20(25)14-22(30-24)26(28)29/h3-14,28-29H,1-2H3. The molecular weight excluding hydrogens is 389 g/mol. The molecule has 0 aliphatic carbocycles. The number of hydrogen-bond acceptors (Lipinski definition) is 3. The van der Waals surface area contributed by atoms with Crippen LogP contribution in [0.4, 0.5) is 0 Å². The summed E-state index contributed by atoms with van der Waals surface area (Å²) in [4.78, 5) is 0. The van der Waals surface area contributed by atoms with Gasteiger partial charge in [-0.25, -0.2) is 0 Å². The molecule has 0 saturated carbocycles. The van der Waals surface area contributed by atoms with Crippen LogP contribution in [-0.4, -0.2) is 21.7 Å². The molecule has 30 heavy (non-hydrogen) atoms. The molecule has 0 saturated heterocycles. The first-order valence-corrected chi connectivity index (χ1v) is 10.9. The van der Waals surface area contributed by atoms with Crippen molar-refractivity contribution in [2.45, 2.75) is 19.3 Å². The highest BCUT2D eigenvalue weighted by Crippen LogP contribution is 2.50. The van der Waals surface area contributed by atoms with E-state index in [4.69, 9.17) is 0 Å². The molecule has 1 aliphatic rings. The van der Waals surface area contributed by atoms with Crippen molar-refractivity contribution in [3.63, 3.8) is 0 Å². The number of hydrogen-bond donors (Lipinski definition) is 2. The summed E-state index contributed by atoms with van der Waals surface area (Å²) in [5.41, 5.74) is 6.91. The van der Waals surface area contributed by atoms with E-state index < -0.39 is 7.12 Å². The van der Waals surface area contributed by atoms with E-state index in [2.05, 4.69) is 79.1 Å². The maximum Gasteiger partial charge on any atom is 0.499 e. The Morgan fingerprint density at radius 2 is 1.53 bits per heavy atom. The summed E-state index contributed by atoms with van der Waals surface area (Å²) in [5.74, 6) is 0. The predicted octanol–water partition coefficient (Wildman–Crippen LogP) is 4.83. The van der Waals surface area contributed by atoms with Crippen LogP contribution >= 0.6 is 11.3 Å². The van der Waals surface area contributed by atoms with Crippen molar-refractivity contribution in [1.29, 1.82) is 0 Å². The van der Waals surface area contributed by atoms with Gasteiger partial charge in [0.05, 0.1) is 11.0 Å². The smallest absolute Gasteiger partial charge is 0.423 e. The van der Waals surface area contributed by atoms with E-state index in [0.717, 1.165) is 16.1 Å². The molecule has 0 atom stereocenters. The van der Waals surface area contributed by atoms with Crippen LogP contribution in [0.15, 0.2) is 72.8 Å². The molecule has 5 aromatic rings. The van der Waals surface area contributed by atoms with Crippen LogP contribution in [0.2, 0.25) is 0 Å². The van der Waals surface area contributed by atoms with Gasteiger partial charge in [-0.3, -0.25) is 0 Å². The van der Waals surface area contributed by atoms with Gasteiger partial charge in [0.1, 0.15) is 5.00 Å². The highest BCUT2D eigenvalue weighted by Gasteiger charge is 2.38. The molecule has 0 fully saturated rings. The summed E-state index contributed by atoms with van der Waals surface area (Å²) in [5, 5.41) is 23.3. The number of para-hydroxylation sites is 1. The van der Waals surface area contributed by atoms with E-state index in [0.29, 0.717) is 4.78 Å². The zero-order valence-electron chi connectivity index (χ0n) is 16.8. The first-order chi connectivity index (χ1) is 14.5. The van der Waals surface area contributed by atoms with Gasteiger partial charge < -0.3 is 14.6 Å². The monoisotopic (exact) mass is 409 g/mol. The highest BCUT2D eigenvalue weighted by atomic mass is 32.1. The lowest BCUT2D eigenvalue weighted by Gasteiger charge is -2.33. The summed E-state index contributed by atoms with van der Waals surface area (Å²) in [6.07, 6.45) is 0. The molecule has 2 N–H and O–H groups in total. The first kappa shape index (κ1) is 18.0. The summed E-state index contributed by atoms with van der Waals surface area (Å²) in [7, 11) is -1.46. The van der Waals surface area contributed by atoms with Crippen LogP contribution in [0.25, 0.3) is 37.9 Å². The van der Waals surface area contributed by atoms with E-state index in [1.54, 1.807) is 0 Å². The fourth-order valence-electron chi connectivity index (χ4n) is 4.87. The number of thiophene rings is 1. The SMILES string of the molecule is CC1(C)c2cc(B(O)O)sc2-n2c3ccccc3c3cc(-c4ccccc4)cc1c32. The number of rotatable bonds is 2. The lowest BCUT2D eigenvalue weighted by Crippen LogP contribution is -2.28. The Morgan fingerprint density at radius 3 is 2.30 bits per heavy atom. The normalized spacial score (nSPS) is 14.3. The average molecular weight is 409 g/mol. The quantitative estimate of drug-likeness (QED) is 0.410. The van der Waals surface area contributed by atoms with Crippen LogP contribution in [0.1, 0.15) is 25.0 Å². The molecule has 3 nitrogen and oxygen atoms in total. The minimum Gasteiger partial charge on any atom is -0.423 e. The Bertz CT molecular complexity index is 1450. The van der Waals surface area contributed by atoms with Crippen molar-refractivity contribution in [2.24, 2.45) is 0 Å². The molecule has 2 aromatic heterocycles. The van der Waals surface area contributed by atoms with Gasteiger partial charge in [-0.1, -0.05) is 62.4 Å². The van der Waals surface area contributed by atoms with Gasteiger partial charge in [-0.05, 0) is 46.5 Å². The highest BCUT2D eigenvalue weighted by molar-refractivity contribution is 7.24. The molecule has 0 unspecified atom stereocenters. The van der Waals surface area contributed by atoms with E-state index in [-0.39, 0.29) is 5.41 Å².